The summed E-state index contributed by atoms with van der Waals surface area (Å²) in [5.74, 6) is -0.265. The molecule has 0 radical (unpaired) electrons. The fourth-order valence-electron chi connectivity index (χ4n) is 1.93. The third-order valence-electron chi connectivity index (χ3n) is 2.94. The fourth-order valence-corrected chi connectivity index (χ4v) is 2.03. The lowest BCUT2D eigenvalue weighted by molar-refractivity contribution is -0.129. The Hall–Kier alpha value is -1.69. The number of hydrogen-bond donors (Lipinski definition) is 1. The molecule has 0 aliphatic carbocycles. The van der Waals surface area contributed by atoms with Gasteiger partial charge in [0.15, 0.2) is 0 Å². The number of halogens is 1. The third-order valence-corrected chi connectivity index (χ3v) is 3.13. The minimum atomic E-state index is -0.349. The van der Waals surface area contributed by atoms with Crippen LogP contribution in [-0.4, -0.2) is 46.3 Å². The molecule has 0 aromatic carbocycles. The lowest BCUT2D eigenvalue weighted by atomic mass is 10.3. The van der Waals surface area contributed by atoms with Crippen LogP contribution in [0.15, 0.2) is 12.4 Å². The highest BCUT2D eigenvalue weighted by Crippen LogP contribution is 2.08. The predicted octanol–water partition coefficient (Wildman–Crippen LogP) is 0.872. The topological polar surface area (TPSA) is 75.2 Å². The van der Waals surface area contributed by atoms with Crippen molar-refractivity contribution in [1.82, 2.24) is 20.2 Å². The Labute approximate surface area is 116 Å². The smallest absolute Gasteiger partial charge is 0.271 e. The molecule has 2 rings (SSSR count). The molecular weight excluding hydrogens is 268 g/mol. The van der Waals surface area contributed by atoms with E-state index in [4.69, 9.17) is 11.6 Å². The fraction of sp³-hybridized carbons (Fsp3) is 0.500. The minimum Gasteiger partial charge on any atom is -0.350 e. The molecule has 0 saturated carbocycles. The average Bonchev–Trinajstić information content (AvgIpc) is 2.93. The number of carbonyl (C=O) groups is 2. The van der Waals surface area contributed by atoms with E-state index >= 15 is 0 Å². The Bertz CT molecular complexity index is 457. The summed E-state index contributed by atoms with van der Waals surface area (Å²) in [5, 5.41) is 2.88. The van der Waals surface area contributed by atoms with E-state index in [-0.39, 0.29) is 22.7 Å². The molecule has 0 spiro atoms. The summed E-state index contributed by atoms with van der Waals surface area (Å²) < 4.78 is 0. The van der Waals surface area contributed by atoms with Gasteiger partial charge >= 0.3 is 0 Å². The van der Waals surface area contributed by atoms with Crippen molar-refractivity contribution < 1.29 is 9.59 Å². The molecule has 1 saturated heterocycles. The molecule has 102 valence electrons. The van der Waals surface area contributed by atoms with Crippen LogP contribution in [0.5, 0.6) is 0 Å². The molecule has 7 heteroatoms. The molecule has 1 aliphatic rings. The van der Waals surface area contributed by atoms with E-state index in [1.54, 1.807) is 0 Å². The maximum absolute atomic E-state index is 11.7. The number of nitrogens with one attached hydrogen (secondary N) is 1. The Morgan fingerprint density at radius 3 is 2.63 bits per heavy atom. The minimum absolute atomic E-state index is 0.0833. The SMILES string of the molecule is O=C(NCCC(=O)N1CCCC1)c1cnc(Cl)cn1. The summed E-state index contributed by atoms with van der Waals surface area (Å²) in [6, 6.07) is 0. The van der Waals surface area contributed by atoms with Gasteiger partial charge in [-0.15, -0.1) is 0 Å². The first kappa shape index (κ1) is 13.7. The molecule has 2 amide bonds. The monoisotopic (exact) mass is 282 g/mol. The van der Waals surface area contributed by atoms with Crippen LogP contribution in [0.3, 0.4) is 0 Å². The van der Waals surface area contributed by atoms with Crippen molar-refractivity contribution in [3.8, 4) is 0 Å². The van der Waals surface area contributed by atoms with Crippen molar-refractivity contribution in [2.75, 3.05) is 19.6 Å². The summed E-state index contributed by atoms with van der Waals surface area (Å²) in [6.45, 7) is 1.96. The molecule has 0 bridgehead atoms. The molecule has 0 atom stereocenters. The third kappa shape index (κ3) is 3.89. The lowest BCUT2D eigenvalue weighted by Crippen LogP contribution is -2.33. The van der Waals surface area contributed by atoms with Crippen LogP contribution in [0, 0.1) is 0 Å². The molecule has 19 heavy (non-hydrogen) atoms. The number of hydrogen-bond acceptors (Lipinski definition) is 4. The number of amides is 2. The highest BCUT2D eigenvalue weighted by Gasteiger charge is 2.17. The second-order valence-electron chi connectivity index (χ2n) is 4.32. The maximum Gasteiger partial charge on any atom is 0.271 e. The van der Waals surface area contributed by atoms with Gasteiger partial charge < -0.3 is 10.2 Å². The first-order valence-corrected chi connectivity index (χ1v) is 6.58. The van der Waals surface area contributed by atoms with Gasteiger partial charge in [0, 0.05) is 26.1 Å². The van der Waals surface area contributed by atoms with E-state index in [9.17, 15) is 9.59 Å². The van der Waals surface area contributed by atoms with Crippen molar-refractivity contribution in [2.45, 2.75) is 19.3 Å². The summed E-state index contributed by atoms with van der Waals surface area (Å²) >= 11 is 5.58. The number of aromatic nitrogens is 2. The summed E-state index contributed by atoms with van der Waals surface area (Å²) in [7, 11) is 0. The van der Waals surface area contributed by atoms with Gasteiger partial charge in [-0.1, -0.05) is 11.6 Å². The molecule has 2 heterocycles. The van der Waals surface area contributed by atoms with Crippen LogP contribution >= 0.6 is 11.6 Å². The highest BCUT2D eigenvalue weighted by atomic mass is 35.5. The Morgan fingerprint density at radius 1 is 1.26 bits per heavy atom. The first-order valence-electron chi connectivity index (χ1n) is 6.20. The molecule has 6 nitrogen and oxygen atoms in total. The number of nitrogens with zero attached hydrogens (tertiary/aromatic N) is 3. The number of likely N-dealkylation sites (tertiary alicyclic amines) is 1. The van der Waals surface area contributed by atoms with Crippen LogP contribution in [-0.2, 0) is 4.79 Å². The van der Waals surface area contributed by atoms with E-state index in [1.807, 2.05) is 4.90 Å². The van der Waals surface area contributed by atoms with Gasteiger partial charge in [0.1, 0.15) is 10.8 Å². The zero-order valence-electron chi connectivity index (χ0n) is 10.4. The second kappa shape index (κ2) is 6.47. The van der Waals surface area contributed by atoms with Gasteiger partial charge in [-0.05, 0) is 12.8 Å². The standard InChI is InChI=1S/C12H15ClN4O2/c13-10-8-15-9(7-16-10)12(19)14-4-3-11(18)17-5-1-2-6-17/h7-8H,1-6H2,(H,14,19). The number of rotatable bonds is 4. The van der Waals surface area contributed by atoms with Gasteiger partial charge in [0.05, 0.1) is 12.4 Å². The van der Waals surface area contributed by atoms with Gasteiger partial charge in [-0.2, -0.15) is 0 Å². The van der Waals surface area contributed by atoms with Crippen LogP contribution < -0.4 is 5.32 Å². The molecule has 0 unspecified atom stereocenters. The van der Waals surface area contributed by atoms with Gasteiger partial charge in [-0.25, -0.2) is 9.97 Å². The van der Waals surface area contributed by atoms with Crippen molar-refractivity contribution in [1.29, 1.82) is 0 Å². The highest BCUT2D eigenvalue weighted by molar-refractivity contribution is 6.29. The van der Waals surface area contributed by atoms with Crippen molar-refractivity contribution in [3.05, 3.63) is 23.2 Å². The Balaban J connectivity index is 1.74. The van der Waals surface area contributed by atoms with Gasteiger partial charge in [0.2, 0.25) is 5.91 Å². The van der Waals surface area contributed by atoms with E-state index in [1.165, 1.54) is 12.4 Å². The maximum atomic E-state index is 11.7. The quantitative estimate of drug-likeness (QED) is 0.889. The molecule has 1 aliphatic heterocycles. The predicted molar refractivity (Wildman–Crippen MR) is 69.8 cm³/mol. The molecule has 1 fully saturated rings. The van der Waals surface area contributed by atoms with E-state index < -0.39 is 0 Å². The first-order chi connectivity index (χ1) is 9.16. The zero-order valence-corrected chi connectivity index (χ0v) is 11.2. The normalized spacial score (nSPS) is 14.5. The van der Waals surface area contributed by atoms with Crippen molar-refractivity contribution in [3.63, 3.8) is 0 Å². The molecule has 1 aromatic heterocycles. The van der Waals surface area contributed by atoms with Crippen LogP contribution in [0.2, 0.25) is 5.15 Å². The van der Waals surface area contributed by atoms with Crippen LogP contribution in [0.1, 0.15) is 29.8 Å². The van der Waals surface area contributed by atoms with Gasteiger partial charge in [0.25, 0.3) is 5.91 Å². The zero-order chi connectivity index (χ0) is 13.7. The number of carbonyl (C=O) groups excluding carboxylic acids is 2. The van der Waals surface area contributed by atoms with Gasteiger partial charge in [-0.3, -0.25) is 9.59 Å². The van der Waals surface area contributed by atoms with Crippen LogP contribution in [0.25, 0.3) is 0 Å². The van der Waals surface area contributed by atoms with Crippen molar-refractivity contribution in [2.24, 2.45) is 0 Å². The Kier molecular flexibility index (Phi) is 4.68. The molecule has 1 aromatic rings. The Morgan fingerprint density at radius 2 is 2.00 bits per heavy atom. The van der Waals surface area contributed by atoms with E-state index in [0.29, 0.717) is 13.0 Å². The van der Waals surface area contributed by atoms with Crippen molar-refractivity contribution >= 4 is 23.4 Å². The summed E-state index contributed by atoms with van der Waals surface area (Å²) in [6.07, 6.45) is 5.06. The second-order valence-corrected chi connectivity index (χ2v) is 4.71. The lowest BCUT2D eigenvalue weighted by Gasteiger charge is -2.15. The van der Waals surface area contributed by atoms with E-state index in [2.05, 4.69) is 15.3 Å². The van der Waals surface area contributed by atoms with E-state index in [0.717, 1.165) is 25.9 Å². The summed E-state index contributed by atoms with van der Waals surface area (Å²) in [4.78, 5) is 32.9. The summed E-state index contributed by atoms with van der Waals surface area (Å²) in [5.41, 5.74) is 0.193. The average molecular weight is 283 g/mol. The molecular formula is C12H15ClN4O2. The molecule has 1 N–H and O–H groups in total. The largest absolute Gasteiger partial charge is 0.350 e. The van der Waals surface area contributed by atoms with Crippen LogP contribution in [0.4, 0.5) is 0 Å².